The van der Waals surface area contributed by atoms with Crippen molar-refractivity contribution in [3.63, 3.8) is 0 Å². The lowest BCUT2D eigenvalue weighted by Crippen LogP contribution is -2.33. The summed E-state index contributed by atoms with van der Waals surface area (Å²) in [5, 5.41) is 7.20. The average Bonchev–Trinajstić information content (AvgIpc) is 3.04. The summed E-state index contributed by atoms with van der Waals surface area (Å²) >= 11 is 12.2. The number of nitrogens with zero attached hydrogens (tertiary/aromatic N) is 1. The van der Waals surface area contributed by atoms with Crippen LogP contribution in [-0.4, -0.2) is 16.9 Å². The van der Waals surface area contributed by atoms with E-state index in [0.29, 0.717) is 21.4 Å². The Kier molecular flexibility index (Phi) is 5.03. The number of hydrogen-bond acceptors (Lipinski definition) is 3. The first-order valence-corrected chi connectivity index (χ1v) is 8.37. The number of pyridine rings is 1. The van der Waals surface area contributed by atoms with Gasteiger partial charge >= 0.3 is 0 Å². The molecule has 3 rings (SSSR count). The number of rotatable bonds is 4. The number of amides is 1. The zero-order valence-corrected chi connectivity index (χ0v) is 14.0. The van der Waals surface area contributed by atoms with Gasteiger partial charge in [0.15, 0.2) is 0 Å². The van der Waals surface area contributed by atoms with Crippen molar-refractivity contribution in [2.75, 3.05) is 5.32 Å². The van der Waals surface area contributed by atoms with Gasteiger partial charge in [-0.1, -0.05) is 42.1 Å². The normalized spacial score (nSPS) is 14.7. The maximum absolute atomic E-state index is 12.1. The number of carbonyl (C=O) groups is 1. The van der Waals surface area contributed by atoms with Crippen LogP contribution in [0.4, 0.5) is 11.4 Å². The largest absolute Gasteiger partial charge is 0.352 e. The van der Waals surface area contributed by atoms with Gasteiger partial charge in [-0.3, -0.25) is 4.79 Å². The van der Waals surface area contributed by atoms with E-state index in [4.69, 9.17) is 23.2 Å². The zero-order valence-electron chi connectivity index (χ0n) is 12.5. The third-order valence-electron chi connectivity index (χ3n) is 3.92. The molecule has 23 heavy (non-hydrogen) atoms. The standard InChI is InChI=1S/C17H17Cl2N3O/c18-13-6-3-7-14(19)16(13)21-12-8-9-15(20-10-12)17(23)22-11-4-1-2-5-11/h3,6-11,21H,1-2,4-5H2,(H,22,23). The molecule has 1 aliphatic rings. The molecule has 6 heteroatoms. The lowest BCUT2D eigenvalue weighted by atomic mass is 10.2. The summed E-state index contributed by atoms with van der Waals surface area (Å²) in [6.45, 7) is 0. The molecular weight excluding hydrogens is 333 g/mol. The fourth-order valence-electron chi connectivity index (χ4n) is 2.69. The summed E-state index contributed by atoms with van der Waals surface area (Å²) in [6.07, 6.45) is 6.07. The van der Waals surface area contributed by atoms with Gasteiger partial charge in [0, 0.05) is 6.04 Å². The zero-order chi connectivity index (χ0) is 16.2. The van der Waals surface area contributed by atoms with E-state index < -0.39 is 0 Å². The Hall–Kier alpha value is -1.78. The molecule has 1 aliphatic carbocycles. The molecule has 1 fully saturated rings. The monoisotopic (exact) mass is 349 g/mol. The van der Waals surface area contributed by atoms with Crippen LogP contribution in [0, 0.1) is 0 Å². The van der Waals surface area contributed by atoms with Crippen LogP contribution < -0.4 is 10.6 Å². The van der Waals surface area contributed by atoms with Gasteiger partial charge in [-0.15, -0.1) is 0 Å². The number of nitrogens with one attached hydrogen (secondary N) is 2. The van der Waals surface area contributed by atoms with Gasteiger partial charge in [-0.2, -0.15) is 0 Å². The molecule has 1 aromatic heterocycles. The summed E-state index contributed by atoms with van der Waals surface area (Å²) in [5.41, 5.74) is 1.76. The molecule has 4 nitrogen and oxygen atoms in total. The van der Waals surface area contributed by atoms with Crippen molar-refractivity contribution in [3.8, 4) is 0 Å². The highest BCUT2D eigenvalue weighted by Crippen LogP contribution is 2.32. The van der Waals surface area contributed by atoms with Gasteiger partial charge in [0.1, 0.15) is 5.69 Å². The molecule has 0 aliphatic heterocycles. The van der Waals surface area contributed by atoms with Crippen molar-refractivity contribution in [1.29, 1.82) is 0 Å². The summed E-state index contributed by atoms with van der Waals surface area (Å²) in [4.78, 5) is 16.4. The Morgan fingerprint density at radius 1 is 1.09 bits per heavy atom. The van der Waals surface area contributed by atoms with Gasteiger partial charge in [-0.25, -0.2) is 4.98 Å². The Morgan fingerprint density at radius 2 is 1.78 bits per heavy atom. The number of hydrogen-bond donors (Lipinski definition) is 2. The van der Waals surface area contributed by atoms with Crippen LogP contribution in [0.2, 0.25) is 10.0 Å². The minimum atomic E-state index is -0.126. The van der Waals surface area contributed by atoms with E-state index in [9.17, 15) is 4.79 Å². The van der Waals surface area contributed by atoms with Crippen LogP contribution in [-0.2, 0) is 0 Å². The molecule has 2 N–H and O–H groups in total. The van der Waals surface area contributed by atoms with Gasteiger partial charge in [0.2, 0.25) is 0 Å². The predicted molar refractivity (Wildman–Crippen MR) is 93.7 cm³/mol. The second kappa shape index (κ2) is 7.20. The molecule has 0 saturated heterocycles. The molecule has 0 atom stereocenters. The van der Waals surface area contributed by atoms with Crippen molar-refractivity contribution < 1.29 is 4.79 Å². The Bertz CT molecular complexity index is 677. The van der Waals surface area contributed by atoms with Crippen LogP contribution in [0.3, 0.4) is 0 Å². The predicted octanol–water partition coefficient (Wildman–Crippen LogP) is 4.80. The van der Waals surface area contributed by atoms with E-state index in [0.717, 1.165) is 18.5 Å². The van der Waals surface area contributed by atoms with E-state index in [1.165, 1.54) is 12.8 Å². The first-order chi connectivity index (χ1) is 11.1. The minimum absolute atomic E-state index is 0.126. The maximum Gasteiger partial charge on any atom is 0.270 e. The van der Waals surface area contributed by atoms with Crippen LogP contribution in [0.1, 0.15) is 36.2 Å². The van der Waals surface area contributed by atoms with Crippen LogP contribution in [0.5, 0.6) is 0 Å². The fourth-order valence-corrected chi connectivity index (χ4v) is 3.19. The number of anilines is 2. The molecule has 120 valence electrons. The van der Waals surface area contributed by atoms with Crippen LogP contribution in [0.15, 0.2) is 36.5 Å². The van der Waals surface area contributed by atoms with E-state index in [2.05, 4.69) is 15.6 Å². The van der Waals surface area contributed by atoms with Gasteiger partial charge in [0.05, 0.1) is 27.6 Å². The van der Waals surface area contributed by atoms with Crippen molar-refractivity contribution >= 4 is 40.5 Å². The summed E-state index contributed by atoms with van der Waals surface area (Å²) in [7, 11) is 0. The number of benzene rings is 1. The summed E-state index contributed by atoms with van der Waals surface area (Å²) in [5.74, 6) is -0.126. The second-order valence-corrected chi connectivity index (χ2v) is 6.42. The smallest absolute Gasteiger partial charge is 0.270 e. The number of carbonyl (C=O) groups excluding carboxylic acids is 1. The molecule has 0 spiro atoms. The van der Waals surface area contributed by atoms with E-state index in [1.54, 1.807) is 36.5 Å². The maximum atomic E-state index is 12.1. The third-order valence-corrected chi connectivity index (χ3v) is 4.55. The van der Waals surface area contributed by atoms with Crippen molar-refractivity contribution in [1.82, 2.24) is 10.3 Å². The van der Waals surface area contributed by atoms with Crippen molar-refractivity contribution in [2.24, 2.45) is 0 Å². The molecule has 0 radical (unpaired) electrons. The first kappa shape index (κ1) is 16.1. The quantitative estimate of drug-likeness (QED) is 0.832. The Morgan fingerprint density at radius 3 is 2.39 bits per heavy atom. The SMILES string of the molecule is O=C(NC1CCCC1)c1ccc(Nc2c(Cl)cccc2Cl)cn1. The van der Waals surface area contributed by atoms with E-state index in [1.807, 2.05) is 0 Å². The molecule has 0 unspecified atom stereocenters. The molecule has 2 aromatic rings. The van der Waals surface area contributed by atoms with Crippen molar-refractivity contribution in [3.05, 3.63) is 52.3 Å². The lowest BCUT2D eigenvalue weighted by Gasteiger charge is -2.12. The lowest BCUT2D eigenvalue weighted by molar-refractivity contribution is 0.0933. The Labute approximate surface area is 145 Å². The highest BCUT2D eigenvalue weighted by molar-refractivity contribution is 6.39. The molecule has 1 aromatic carbocycles. The van der Waals surface area contributed by atoms with Crippen molar-refractivity contribution in [2.45, 2.75) is 31.7 Å². The number of halogens is 2. The van der Waals surface area contributed by atoms with Gasteiger partial charge in [0.25, 0.3) is 5.91 Å². The van der Waals surface area contributed by atoms with E-state index >= 15 is 0 Å². The average molecular weight is 350 g/mol. The molecule has 1 amide bonds. The molecular formula is C17H17Cl2N3O. The third kappa shape index (κ3) is 3.95. The molecule has 0 bridgehead atoms. The summed E-state index contributed by atoms with van der Waals surface area (Å²) in [6, 6.07) is 9.06. The second-order valence-electron chi connectivity index (χ2n) is 5.61. The van der Waals surface area contributed by atoms with Crippen LogP contribution >= 0.6 is 23.2 Å². The first-order valence-electron chi connectivity index (χ1n) is 7.61. The fraction of sp³-hybridized carbons (Fsp3) is 0.294. The highest BCUT2D eigenvalue weighted by atomic mass is 35.5. The van der Waals surface area contributed by atoms with Gasteiger partial charge < -0.3 is 10.6 Å². The number of para-hydroxylation sites is 1. The topological polar surface area (TPSA) is 54.0 Å². The Balaban J connectivity index is 1.68. The highest BCUT2D eigenvalue weighted by Gasteiger charge is 2.18. The van der Waals surface area contributed by atoms with Crippen LogP contribution in [0.25, 0.3) is 0 Å². The molecule has 1 heterocycles. The minimum Gasteiger partial charge on any atom is -0.352 e. The molecule has 1 saturated carbocycles. The number of aromatic nitrogens is 1. The summed E-state index contributed by atoms with van der Waals surface area (Å²) < 4.78 is 0. The van der Waals surface area contributed by atoms with E-state index in [-0.39, 0.29) is 11.9 Å². The van der Waals surface area contributed by atoms with Gasteiger partial charge in [-0.05, 0) is 37.1 Å².